The van der Waals surface area contributed by atoms with Crippen LogP contribution in [0, 0.1) is 30.9 Å². The van der Waals surface area contributed by atoms with Crippen molar-refractivity contribution in [1.29, 1.82) is 5.41 Å². The summed E-state index contributed by atoms with van der Waals surface area (Å²) in [5, 5.41) is 19.5. The standard InChI is InChI=1S/C21H17F2N3OS/c1-11-3-5-13(6-4-11)19-12(2)28-21(25-19)18-17(27)10-26(20(18)24)14-7-8-15(22)16(23)9-14/h3-9,24,27H,10H2,1-2H3. The van der Waals surface area contributed by atoms with Crippen molar-refractivity contribution in [3.8, 4) is 11.3 Å². The van der Waals surface area contributed by atoms with Gasteiger partial charge in [0.25, 0.3) is 0 Å². The summed E-state index contributed by atoms with van der Waals surface area (Å²) >= 11 is 1.39. The van der Waals surface area contributed by atoms with Crippen LogP contribution < -0.4 is 4.90 Å². The van der Waals surface area contributed by atoms with Gasteiger partial charge in [-0.05, 0) is 26.0 Å². The molecule has 4 nitrogen and oxygen atoms in total. The first-order chi connectivity index (χ1) is 13.3. The summed E-state index contributed by atoms with van der Waals surface area (Å²) in [5.74, 6) is -1.96. The van der Waals surface area contributed by atoms with Crippen molar-refractivity contribution in [3.05, 3.63) is 75.3 Å². The second kappa shape index (κ2) is 6.83. The summed E-state index contributed by atoms with van der Waals surface area (Å²) in [6.45, 7) is 3.97. The Morgan fingerprint density at radius 1 is 1.07 bits per heavy atom. The molecule has 0 atom stereocenters. The third-order valence-corrected chi connectivity index (χ3v) is 5.64. The number of aromatic nitrogens is 1. The van der Waals surface area contributed by atoms with Crippen LogP contribution in [0.25, 0.3) is 16.8 Å². The van der Waals surface area contributed by atoms with E-state index in [1.54, 1.807) is 0 Å². The third kappa shape index (κ3) is 3.07. The maximum absolute atomic E-state index is 13.6. The van der Waals surface area contributed by atoms with Gasteiger partial charge >= 0.3 is 0 Å². The number of hydrogen-bond acceptors (Lipinski definition) is 4. The zero-order chi connectivity index (χ0) is 20.0. The number of aliphatic hydroxyl groups is 1. The molecular weight excluding hydrogens is 380 g/mol. The molecule has 0 bridgehead atoms. The lowest BCUT2D eigenvalue weighted by Crippen LogP contribution is -2.26. The van der Waals surface area contributed by atoms with E-state index in [-0.39, 0.29) is 18.1 Å². The highest BCUT2D eigenvalue weighted by Crippen LogP contribution is 2.37. The molecule has 28 heavy (non-hydrogen) atoms. The Morgan fingerprint density at radius 3 is 2.46 bits per heavy atom. The van der Waals surface area contributed by atoms with Crippen LogP contribution in [-0.2, 0) is 0 Å². The average molecular weight is 397 g/mol. The first-order valence-corrected chi connectivity index (χ1v) is 9.45. The number of aliphatic hydroxyl groups excluding tert-OH is 1. The molecule has 2 heterocycles. The van der Waals surface area contributed by atoms with Crippen LogP contribution >= 0.6 is 11.3 Å². The number of thiazole rings is 1. The van der Waals surface area contributed by atoms with Gasteiger partial charge in [-0.15, -0.1) is 11.3 Å². The summed E-state index contributed by atoms with van der Waals surface area (Å²) in [6.07, 6.45) is 0. The number of benzene rings is 2. The molecule has 142 valence electrons. The minimum absolute atomic E-state index is 0.00714. The summed E-state index contributed by atoms with van der Waals surface area (Å²) in [4.78, 5) is 7.05. The number of hydrogen-bond donors (Lipinski definition) is 2. The van der Waals surface area contributed by atoms with Gasteiger partial charge in [0.2, 0.25) is 0 Å². The first-order valence-electron chi connectivity index (χ1n) is 8.63. The summed E-state index contributed by atoms with van der Waals surface area (Å²) in [7, 11) is 0. The van der Waals surface area contributed by atoms with Crippen LogP contribution in [0.5, 0.6) is 0 Å². The second-order valence-electron chi connectivity index (χ2n) is 6.64. The SMILES string of the molecule is Cc1ccc(-c2nc(C3=C(O)CN(c4ccc(F)c(F)c4)C3=N)sc2C)cc1. The van der Waals surface area contributed by atoms with E-state index in [4.69, 9.17) is 5.41 Å². The van der Waals surface area contributed by atoms with Crippen LogP contribution in [0.3, 0.4) is 0 Å². The van der Waals surface area contributed by atoms with Crippen molar-refractivity contribution in [1.82, 2.24) is 4.98 Å². The highest BCUT2D eigenvalue weighted by atomic mass is 32.1. The van der Waals surface area contributed by atoms with Gasteiger partial charge in [0.1, 0.15) is 16.6 Å². The number of aryl methyl sites for hydroxylation is 2. The minimum atomic E-state index is -0.995. The monoisotopic (exact) mass is 397 g/mol. The van der Waals surface area contributed by atoms with Gasteiger partial charge in [0.15, 0.2) is 11.6 Å². The molecule has 1 aliphatic rings. The smallest absolute Gasteiger partial charge is 0.160 e. The summed E-state index contributed by atoms with van der Waals surface area (Å²) in [5.41, 5.74) is 3.54. The Kier molecular flexibility index (Phi) is 4.47. The molecule has 4 rings (SSSR count). The number of nitrogens with zero attached hydrogens (tertiary/aromatic N) is 2. The van der Waals surface area contributed by atoms with E-state index in [1.807, 2.05) is 38.1 Å². The predicted octanol–water partition coefficient (Wildman–Crippen LogP) is 5.47. The Bertz CT molecular complexity index is 1120. The van der Waals surface area contributed by atoms with Crippen LogP contribution in [0.15, 0.2) is 48.2 Å². The molecule has 0 aliphatic carbocycles. The quantitative estimate of drug-likeness (QED) is 0.616. The number of amidine groups is 1. The van der Waals surface area contributed by atoms with Gasteiger partial charge in [-0.1, -0.05) is 29.8 Å². The number of nitrogens with one attached hydrogen (secondary N) is 1. The molecule has 0 radical (unpaired) electrons. The number of halogens is 2. The molecule has 2 aromatic carbocycles. The average Bonchev–Trinajstić information content (AvgIpc) is 3.17. The Balaban J connectivity index is 1.68. The van der Waals surface area contributed by atoms with E-state index in [2.05, 4.69) is 4.98 Å². The summed E-state index contributed by atoms with van der Waals surface area (Å²) < 4.78 is 26.8. The number of anilines is 1. The topological polar surface area (TPSA) is 60.2 Å². The molecule has 3 aromatic rings. The van der Waals surface area contributed by atoms with E-state index >= 15 is 0 Å². The largest absolute Gasteiger partial charge is 0.510 e. The molecule has 1 aromatic heterocycles. The lowest BCUT2D eigenvalue weighted by molar-refractivity contribution is 0.411. The van der Waals surface area contributed by atoms with Gasteiger partial charge in [-0.2, -0.15) is 0 Å². The zero-order valence-corrected chi connectivity index (χ0v) is 16.1. The molecule has 0 unspecified atom stereocenters. The first kappa shape index (κ1) is 18.3. The van der Waals surface area contributed by atoms with Crippen molar-refractivity contribution in [3.63, 3.8) is 0 Å². The Labute approximate surface area is 164 Å². The van der Waals surface area contributed by atoms with Crippen molar-refractivity contribution < 1.29 is 13.9 Å². The lowest BCUT2D eigenvalue weighted by atomic mass is 10.1. The highest BCUT2D eigenvalue weighted by molar-refractivity contribution is 7.13. The van der Waals surface area contributed by atoms with Gasteiger partial charge in [-0.25, -0.2) is 13.8 Å². The van der Waals surface area contributed by atoms with Crippen LogP contribution in [0.1, 0.15) is 15.4 Å². The molecule has 0 amide bonds. The molecule has 0 spiro atoms. The van der Waals surface area contributed by atoms with E-state index in [0.717, 1.165) is 33.8 Å². The highest BCUT2D eigenvalue weighted by Gasteiger charge is 2.32. The maximum Gasteiger partial charge on any atom is 0.160 e. The van der Waals surface area contributed by atoms with Gasteiger partial charge in [-0.3, -0.25) is 5.41 Å². The number of rotatable bonds is 3. The molecule has 2 N–H and O–H groups in total. The minimum Gasteiger partial charge on any atom is -0.510 e. The predicted molar refractivity (Wildman–Crippen MR) is 108 cm³/mol. The van der Waals surface area contributed by atoms with Crippen molar-refractivity contribution >= 4 is 28.4 Å². The fourth-order valence-corrected chi connectivity index (χ4v) is 4.16. The van der Waals surface area contributed by atoms with Gasteiger partial charge in [0.05, 0.1) is 17.8 Å². The third-order valence-electron chi connectivity index (χ3n) is 4.65. The van der Waals surface area contributed by atoms with Crippen molar-refractivity contribution in [2.45, 2.75) is 13.8 Å². The normalized spacial score (nSPS) is 14.3. The molecule has 0 saturated heterocycles. The zero-order valence-electron chi connectivity index (χ0n) is 15.3. The lowest BCUT2D eigenvalue weighted by Gasteiger charge is -2.18. The van der Waals surface area contributed by atoms with Crippen molar-refractivity contribution in [2.24, 2.45) is 0 Å². The maximum atomic E-state index is 13.6. The Morgan fingerprint density at radius 2 is 1.79 bits per heavy atom. The van der Waals surface area contributed by atoms with Crippen LogP contribution in [-0.4, -0.2) is 22.5 Å². The van der Waals surface area contributed by atoms with Crippen molar-refractivity contribution in [2.75, 3.05) is 11.4 Å². The second-order valence-corrected chi connectivity index (χ2v) is 7.85. The fourth-order valence-electron chi connectivity index (χ4n) is 3.16. The van der Waals surface area contributed by atoms with E-state index in [0.29, 0.717) is 16.3 Å². The molecular formula is C21H17F2N3OS. The van der Waals surface area contributed by atoms with Crippen LogP contribution in [0.2, 0.25) is 0 Å². The Hall–Kier alpha value is -3.06. The molecule has 7 heteroatoms. The van der Waals surface area contributed by atoms with E-state index < -0.39 is 11.6 Å². The molecule has 0 fully saturated rings. The molecule has 0 saturated carbocycles. The summed E-state index contributed by atoms with van der Waals surface area (Å²) in [6, 6.07) is 11.4. The van der Waals surface area contributed by atoms with Crippen LogP contribution in [0.4, 0.5) is 14.5 Å². The van der Waals surface area contributed by atoms with Gasteiger partial charge in [0, 0.05) is 22.2 Å². The van der Waals surface area contributed by atoms with Gasteiger partial charge < -0.3 is 10.0 Å². The van der Waals surface area contributed by atoms with E-state index in [1.165, 1.54) is 22.3 Å². The van der Waals surface area contributed by atoms with E-state index in [9.17, 15) is 13.9 Å². The molecule has 1 aliphatic heterocycles. The fraction of sp³-hybridized carbons (Fsp3) is 0.143.